The summed E-state index contributed by atoms with van der Waals surface area (Å²) >= 11 is 0. The molecule has 2 aromatic rings. The van der Waals surface area contributed by atoms with Crippen molar-refractivity contribution in [3.8, 4) is 28.7 Å². The average Bonchev–Trinajstić information content (AvgIpc) is 2.82. The van der Waals surface area contributed by atoms with Crippen LogP contribution in [-0.2, 0) is 17.6 Å². The second kappa shape index (κ2) is 13.1. The maximum absolute atomic E-state index is 10.7. The zero-order valence-corrected chi connectivity index (χ0v) is 19.8. The van der Waals surface area contributed by atoms with Crippen molar-refractivity contribution in [1.29, 1.82) is 0 Å². The highest BCUT2D eigenvalue weighted by molar-refractivity contribution is 5.52. The third-order valence-electron chi connectivity index (χ3n) is 5.89. The van der Waals surface area contributed by atoms with E-state index in [1.165, 1.54) is 21.3 Å². The van der Waals surface area contributed by atoms with E-state index in [-0.39, 0.29) is 23.5 Å². The second-order valence-electron chi connectivity index (χ2n) is 7.99. The Balaban J connectivity index is 2.05. The van der Waals surface area contributed by atoms with E-state index in [0.717, 1.165) is 17.5 Å². The van der Waals surface area contributed by atoms with Gasteiger partial charge in [-0.2, -0.15) is 0 Å². The number of aromatic hydroxyl groups is 2. The first-order valence-corrected chi connectivity index (χ1v) is 11.1. The first-order valence-electron chi connectivity index (χ1n) is 11.1. The third-order valence-corrected chi connectivity index (χ3v) is 5.89. The number of aryl methyl sites for hydroxylation is 1. The minimum Gasteiger partial charge on any atom is -0.504 e. The second-order valence-corrected chi connectivity index (χ2v) is 7.99. The van der Waals surface area contributed by atoms with Crippen LogP contribution < -0.4 is 14.2 Å². The smallest absolute Gasteiger partial charge is 0.200 e. The lowest BCUT2D eigenvalue weighted by molar-refractivity contribution is -0.0897. The largest absolute Gasteiger partial charge is 0.504 e. The van der Waals surface area contributed by atoms with Crippen LogP contribution in [-0.4, -0.2) is 60.8 Å². The SMILES string of the molecule is CC[C@H](Cc1ccc(O)c(OC)c1)[C@@H](C[C@@H](O)CCc1cc(OC)c(O)c(OC)c1)OCO. The van der Waals surface area contributed by atoms with Crippen molar-refractivity contribution in [3.05, 3.63) is 41.5 Å². The van der Waals surface area contributed by atoms with Crippen LogP contribution in [0.15, 0.2) is 30.3 Å². The monoisotopic (exact) mass is 464 g/mol. The minimum absolute atomic E-state index is 0.0508. The highest BCUT2D eigenvalue weighted by atomic mass is 16.6. The van der Waals surface area contributed by atoms with E-state index in [2.05, 4.69) is 0 Å². The van der Waals surface area contributed by atoms with Gasteiger partial charge < -0.3 is 39.4 Å². The molecule has 2 rings (SSSR count). The van der Waals surface area contributed by atoms with E-state index < -0.39 is 12.9 Å². The first kappa shape index (κ1) is 26.6. The van der Waals surface area contributed by atoms with Crippen molar-refractivity contribution in [2.24, 2.45) is 5.92 Å². The predicted octanol–water partition coefficient (Wildman–Crippen LogP) is 3.41. The van der Waals surface area contributed by atoms with Crippen molar-refractivity contribution in [1.82, 2.24) is 0 Å². The van der Waals surface area contributed by atoms with E-state index in [0.29, 0.717) is 42.9 Å². The number of aliphatic hydroxyl groups excluding tert-OH is 2. The number of hydrogen-bond donors (Lipinski definition) is 4. The van der Waals surface area contributed by atoms with E-state index in [4.69, 9.17) is 18.9 Å². The van der Waals surface area contributed by atoms with Gasteiger partial charge in [-0.15, -0.1) is 0 Å². The molecular formula is C25H36O8. The van der Waals surface area contributed by atoms with Gasteiger partial charge in [-0.25, -0.2) is 0 Å². The summed E-state index contributed by atoms with van der Waals surface area (Å²) < 4.78 is 21.2. The molecule has 0 fully saturated rings. The summed E-state index contributed by atoms with van der Waals surface area (Å²) in [6, 6.07) is 8.66. The lowest BCUT2D eigenvalue weighted by atomic mass is 9.87. The van der Waals surface area contributed by atoms with Gasteiger partial charge in [0.2, 0.25) is 5.75 Å². The molecule has 8 heteroatoms. The Labute approximate surface area is 195 Å². The molecule has 4 N–H and O–H groups in total. The summed E-state index contributed by atoms with van der Waals surface area (Å²) in [4.78, 5) is 0. The van der Waals surface area contributed by atoms with Crippen molar-refractivity contribution in [2.45, 2.75) is 51.2 Å². The fraction of sp³-hybridized carbons (Fsp3) is 0.520. The lowest BCUT2D eigenvalue weighted by Crippen LogP contribution is -2.30. The molecule has 8 nitrogen and oxygen atoms in total. The standard InChI is InChI=1S/C25H36O8/c1-5-18(10-16-7-9-20(28)22(11-16)30-2)21(33-15-26)14-19(27)8-6-17-12-23(31-3)25(29)24(13-17)32-4/h7,9,11-13,18-19,21,26-29H,5-6,8,10,14-15H2,1-4H3/t18-,19+,21-/m1/s1. The Morgan fingerprint density at radius 2 is 1.48 bits per heavy atom. The van der Waals surface area contributed by atoms with Gasteiger partial charge in [0.15, 0.2) is 23.0 Å². The van der Waals surface area contributed by atoms with Crippen LogP contribution in [0.4, 0.5) is 0 Å². The van der Waals surface area contributed by atoms with Gasteiger partial charge >= 0.3 is 0 Å². The van der Waals surface area contributed by atoms with Crippen LogP contribution in [0.1, 0.15) is 37.3 Å². The molecule has 0 bridgehead atoms. The summed E-state index contributed by atoms with van der Waals surface area (Å²) in [6.07, 6.45) is 1.80. The van der Waals surface area contributed by atoms with E-state index >= 15 is 0 Å². The van der Waals surface area contributed by atoms with Gasteiger partial charge in [0, 0.05) is 0 Å². The first-order chi connectivity index (χ1) is 15.9. The molecule has 2 aromatic carbocycles. The van der Waals surface area contributed by atoms with Crippen LogP contribution in [0, 0.1) is 5.92 Å². The molecule has 3 atom stereocenters. The Kier molecular flexibility index (Phi) is 10.6. The van der Waals surface area contributed by atoms with Crippen LogP contribution in [0.3, 0.4) is 0 Å². The Morgan fingerprint density at radius 3 is 2.03 bits per heavy atom. The summed E-state index contributed by atoms with van der Waals surface area (Å²) in [5.41, 5.74) is 1.84. The van der Waals surface area contributed by atoms with E-state index in [1.807, 2.05) is 13.0 Å². The zero-order chi connectivity index (χ0) is 24.4. The molecule has 0 aliphatic rings. The van der Waals surface area contributed by atoms with Crippen LogP contribution in [0.5, 0.6) is 28.7 Å². The van der Waals surface area contributed by atoms with Gasteiger partial charge in [-0.05, 0) is 67.0 Å². The lowest BCUT2D eigenvalue weighted by Gasteiger charge is -2.28. The highest BCUT2D eigenvalue weighted by Gasteiger charge is 2.25. The summed E-state index contributed by atoms with van der Waals surface area (Å²) in [6.45, 7) is 1.61. The van der Waals surface area contributed by atoms with Gasteiger partial charge in [0.25, 0.3) is 0 Å². The molecule has 0 amide bonds. The minimum atomic E-state index is -0.657. The fourth-order valence-electron chi connectivity index (χ4n) is 3.99. The normalized spacial score (nSPS) is 13.9. The summed E-state index contributed by atoms with van der Waals surface area (Å²) in [7, 11) is 4.44. The Hall–Kier alpha value is -2.68. The highest BCUT2D eigenvalue weighted by Crippen LogP contribution is 2.37. The topological polar surface area (TPSA) is 118 Å². The third kappa shape index (κ3) is 7.42. The van der Waals surface area contributed by atoms with Gasteiger partial charge in [0.1, 0.15) is 6.79 Å². The molecule has 33 heavy (non-hydrogen) atoms. The molecule has 0 saturated heterocycles. The fourth-order valence-corrected chi connectivity index (χ4v) is 3.99. The number of aliphatic hydroxyl groups is 2. The van der Waals surface area contributed by atoms with Crippen LogP contribution in [0.2, 0.25) is 0 Å². The quantitative estimate of drug-likeness (QED) is 0.314. The molecule has 0 aliphatic heterocycles. The number of methoxy groups -OCH3 is 3. The van der Waals surface area contributed by atoms with Crippen molar-refractivity contribution < 1.29 is 39.4 Å². The van der Waals surface area contributed by atoms with Gasteiger partial charge in [-0.1, -0.05) is 19.4 Å². The van der Waals surface area contributed by atoms with E-state index in [9.17, 15) is 20.4 Å². The van der Waals surface area contributed by atoms with Crippen molar-refractivity contribution >= 4 is 0 Å². The maximum atomic E-state index is 10.7. The number of phenols is 2. The van der Waals surface area contributed by atoms with Gasteiger partial charge in [-0.3, -0.25) is 0 Å². The van der Waals surface area contributed by atoms with Gasteiger partial charge in [0.05, 0.1) is 33.5 Å². The van der Waals surface area contributed by atoms with Crippen LogP contribution >= 0.6 is 0 Å². The predicted molar refractivity (Wildman–Crippen MR) is 124 cm³/mol. The van der Waals surface area contributed by atoms with E-state index in [1.54, 1.807) is 24.3 Å². The number of phenolic OH excluding ortho intramolecular Hbond substituents is 2. The molecule has 0 aliphatic carbocycles. The molecule has 0 saturated carbocycles. The average molecular weight is 465 g/mol. The zero-order valence-electron chi connectivity index (χ0n) is 19.8. The molecule has 0 spiro atoms. The number of ether oxygens (including phenoxy) is 4. The Morgan fingerprint density at radius 1 is 0.879 bits per heavy atom. The number of hydrogen-bond acceptors (Lipinski definition) is 8. The molecule has 184 valence electrons. The molecule has 0 radical (unpaired) electrons. The Bertz CT molecular complexity index is 844. The summed E-state index contributed by atoms with van der Waals surface area (Å²) in [5, 5.41) is 40.0. The number of benzene rings is 2. The summed E-state index contributed by atoms with van der Waals surface area (Å²) in [5.74, 6) is 1.11. The molecule has 0 heterocycles. The molecular weight excluding hydrogens is 428 g/mol. The molecule has 0 aromatic heterocycles. The maximum Gasteiger partial charge on any atom is 0.200 e. The van der Waals surface area contributed by atoms with Crippen molar-refractivity contribution in [2.75, 3.05) is 28.1 Å². The van der Waals surface area contributed by atoms with Crippen LogP contribution in [0.25, 0.3) is 0 Å². The molecule has 0 unspecified atom stereocenters. The number of rotatable bonds is 14. The van der Waals surface area contributed by atoms with Crippen molar-refractivity contribution in [3.63, 3.8) is 0 Å².